The number of nitrogens with one attached hydrogen (secondary N) is 1. The van der Waals surface area contributed by atoms with E-state index in [0.717, 1.165) is 32.1 Å². The first-order valence-corrected chi connectivity index (χ1v) is 9.71. The molecule has 0 unspecified atom stereocenters. The zero-order chi connectivity index (χ0) is 19.9. The van der Waals surface area contributed by atoms with Crippen LogP contribution in [0.25, 0.3) is 0 Å². The maximum Gasteiger partial charge on any atom is 0.341 e. The van der Waals surface area contributed by atoms with Crippen molar-refractivity contribution >= 4 is 17.6 Å². The van der Waals surface area contributed by atoms with Crippen LogP contribution in [0, 0.1) is 0 Å². The zero-order valence-electron chi connectivity index (χ0n) is 16.8. The number of carbonyl (C=O) groups excluding carboxylic acids is 2. The lowest BCUT2D eigenvalue weighted by molar-refractivity contribution is -0.139. The molecule has 27 heavy (non-hydrogen) atoms. The molecule has 1 fully saturated rings. The number of amides is 1. The first kappa shape index (κ1) is 21.2. The van der Waals surface area contributed by atoms with Crippen LogP contribution in [0.4, 0.5) is 5.69 Å². The fraction of sp³-hybridized carbons (Fsp3) is 0.619. The van der Waals surface area contributed by atoms with E-state index in [2.05, 4.69) is 5.32 Å². The van der Waals surface area contributed by atoms with Gasteiger partial charge in [0.1, 0.15) is 16.9 Å². The van der Waals surface area contributed by atoms with Gasteiger partial charge in [0, 0.05) is 12.8 Å². The summed E-state index contributed by atoms with van der Waals surface area (Å²) >= 11 is 0. The highest BCUT2D eigenvalue weighted by molar-refractivity contribution is 5.99. The fourth-order valence-corrected chi connectivity index (χ4v) is 3.35. The molecule has 0 radical (unpaired) electrons. The maximum atomic E-state index is 12.9. The molecule has 1 aliphatic rings. The quantitative estimate of drug-likeness (QED) is 0.565. The van der Waals surface area contributed by atoms with Crippen LogP contribution in [-0.2, 0) is 14.3 Å². The first-order valence-electron chi connectivity index (χ1n) is 9.71. The first-order chi connectivity index (χ1) is 13.0. The molecular weight excluding hydrogens is 346 g/mol. The van der Waals surface area contributed by atoms with Crippen LogP contribution in [0.3, 0.4) is 0 Å². The van der Waals surface area contributed by atoms with Gasteiger partial charge in [0.15, 0.2) is 0 Å². The summed E-state index contributed by atoms with van der Waals surface area (Å²) in [7, 11) is 2.92. The van der Waals surface area contributed by atoms with Gasteiger partial charge in [-0.3, -0.25) is 4.79 Å². The minimum absolute atomic E-state index is 0.0309. The number of methoxy groups -OCH3 is 2. The van der Waals surface area contributed by atoms with Gasteiger partial charge in [-0.2, -0.15) is 0 Å². The van der Waals surface area contributed by atoms with E-state index in [1.807, 2.05) is 13.8 Å². The summed E-state index contributed by atoms with van der Waals surface area (Å²) in [5, 5.41) is 2.92. The second kappa shape index (κ2) is 9.74. The van der Waals surface area contributed by atoms with Crippen molar-refractivity contribution in [3.63, 3.8) is 0 Å². The lowest BCUT2D eigenvalue weighted by Crippen LogP contribution is -2.44. The molecule has 6 heteroatoms. The van der Waals surface area contributed by atoms with Crippen LogP contribution in [0.1, 0.15) is 69.2 Å². The molecule has 0 heterocycles. The van der Waals surface area contributed by atoms with E-state index in [-0.39, 0.29) is 12.0 Å². The van der Waals surface area contributed by atoms with Crippen molar-refractivity contribution in [2.24, 2.45) is 0 Å². The van der Waals surface area contributed by atoms with Gasteiger partial charge in [0.05, 0.1) is 13.2 Å². The highest BCUT2D eigenvalue weighted by atomic mass is 16.5. The summed E-state index contributed by atoms with van der Waals surface area (Å²) in [5.41, 5.74) is 0.00823. The van der Waals surface area contributed by atoms with Crippen molar-refractivity contribution < 1.29 is 23.8 Å². The van der Waals surface area contributed by atoms with E-state index in [1.165, 1.54) is 7.11 Å². The summed E-state index contributed by atoms with van der Waals surface area (Å²) in [4.78, 5) is 25.1. The van der Waals surface area contributed by atoms with Crippen LogP contribution >= 0.6 is 0 Å². The van der Waals surface area contributed by atoms with E-state index in [4.69, 9.17) is 14.2 Å². The largest absolute Gasteiger partial charge is 0.490 e. The van der Waals surface area contributed by atoms with Crippen molar-refractivity contribution in [2.45, 2.75) is 70.5 Å². The van der Waals surface area contributed by atoms with Gasteiger partial charge in [-0.25, -0.2) is 4.79 Å². The summed E-state index contributed by atoms with van der Waals surface area (Å²) < 4.78 is 16.3. The van der Waals surface area contributed by atoms with E-state index < -0.39 is 11.6 Å². The number of hydrogen-bond donors (Lipinski definition) is 1. The van der Waals surface area contributed by atoms with Crippen LogP contribution in [0.5, 0.6) is 5.75 Å². The molecule has 0 aromatic heterocycles. The Bertz CT molecular complexity index is 650. The molecule has 0 saturated heterocycles. The van der Waals surface area contributed by atoms with Crippen molar-refractivity contribution in [3.8, 4) is 5.75 Å². The Morgan fingerprint density at radius 1 is 1.15 bits per heavy atom. The van der Waals surface area contributed by atoms with E-state index in [9.17, 15) is 9.59 Å². The van der Waals surface area contributed by atoms with Crippen molar-refractivity contribution in [1.82, 2.24) is 0 Å². The highest BCUT2D eigenvalue weighted by Crippen LogP contribution is 2.32. The topological polar surface area (TPSA) is 73.9 Å². The van der Waals surface area contributed by atoms with Gasteiger partial charge in [-0.15, -0.1) is 0 Å². The molecule has 1 N–H and O–H groups in total. The number of hydrogen-bond acceptors (Lipinski definition) is 5. The predicted molar refractivity (Wildman–Crippen MR) is 104 cm³/mol. The predicted octanol–water partition coefficient (Wildman–Crippen LogP) is 4.33. The van der Waals surface area contributed by atoms with Crippen molar-refractivity contribution in [3.05, 3.63) is 23.8 Å². The summed E-state index contributed by atoms with van der Waals surface area (Å²) in [6.07, 6.45) is 6.36. The molecule has 6 nitrogen and oxygen atoms in total. The highest BCUT2D eigenvalue weighted by Gasteiger charge is 2.38. The number of rotatable bonds is 7. The normalized spacial score (nSPS) is 17.5. The smallest absolute Gasteiger partial charge is 0.341 e. The van der Waals surface area contributed by atoms with E-state index in [0.29, 0.717) is 29.8 Å². The average Bonchev–Trinajstić information content (AvgIpc) is 2.94. The number of anilines is 1. The minimum Gasteiger partial charge on any atom is -0.490 e. The number of carbonyl (C=O) groups is 2. The lowest BCUT2D eigenvalue weighted by Gasteiger charge is -2.30. The van der Waals surface area contributed by atoms with Crippen molar-refractivity contribution in [2.75, 3.05) is 19.5 Å². The summed E-state index contributed by atoms with van der Waals surface area (Å²) in [6, 6.07) is 5.03. The number of ether oxygens (including phenoxy) is 3. The molecule has 1 aliphatic carbocycles. The lowest BCUT2D eigenvalue weighted by atomic mass is 9.93. The molecule has 1 atom stereocenters. The molecule has 1 amide bonds. The van der Waals surface area contributed by atoms with Crippen LogP contribution in [0.15, 0.2) is 18.2 Å². The molecule has 1 aromatic carbocycles. The summed E-state index contributed by atoms with van der Waals surface area (Å²) in [6.45, 7) is 3.94. The van der Waals surface area contributed by atoms with Gasteiger partial charge >= 0.3 is 5.97 Å². The molecule has 0 aliphatic heterocycles. The number of benzene rings is 1. The van der Waals surface area contributed by atoms with Crippen molar-refractivity contribution in [1.29, 1.82) is 0 Å². The molecule has 1 aromatic rings. The molecule has 2 rings (SSSR count). The van der Waals surface area contributed by atoms with Gasteiger partial charge in [-0.1, -0.05) is 32.6 Å². The Morgan fingerprint density at radius 2 is 1.81 bits per heavy atom. The molecular formula is C21H31NO5. The van der Waals surface area contributed by atoms with Crippen LogP contribution in [-0.4, -0.2) is 37.8 Å². The third kappa shape index (κ3) is 5.22. The molecule has 0 spiro atoms. The second-order valence-corrected chi connectivity index (χ2v) is 7.11. The number of esters is 1. The third-order valence-electron chi connectivity index (χ3n) is 5.26. The van der Waals surface area contributed by atoms with Gasteiger partial charge in [0.2, 0.25) is 0 Å². The van der Waals surface area contributed by atoms with Crippen LogP contribution in [0.2, 0.25) is 0 Å². The Balaban J connectivity index is 2.24. The van der Waals surface area contributed by atoms with Gasteiger partial charge in [-0.05, 0) is 44.4 Å². The standard InChI is InChI=1S/C21H31NO5/c1-5-15(2)27-18-11-10-16(14-17(18)19(23)25-3)22-20(24)21(26-4)12-8-6-7-9-13-21/h10-11,14-15H,5-9,12-13H2,1-4H3,(H,22,24)/t15-/m0/s1. The minimum atomic E-state index is -0.812. The Labute approximate surface area is 161 Å². The molecule has 150 valence electrons. The maximum absolute atomic E-state index is 12.9. The van der Waals surface area contributed by atoms with Crippen LogP contribution < -0.4 is 10.1 Å². The molecule has 0 bridgehead atoms. The van der Waals surface area contributed by atoms with Gasteiger partial charge < -0.3 is 19.5 Å². The fourth-order valence-electron chi connectivity index (χ4n) is 3.35. The SMILES string of the molecule is CC[C@H](C)Oc1ccc(NC(=O)C2(OC)CCCCCC2)cc1C(=O)OC. The van der Waals surface area contributed by atoms with E-state index >= 15 is 0 Å². The average molecular weight is 377 g/mol. The Kier molecular flexibility index (Phi) is 7.66. The Hall–Kier alpha value is -2.08. The monoisotopic (exact) mass is 377 g/mol. The summed E-state index contributed by atoms with van der Waals surface area (Å²) in [5.74, 6) is -0.219. The second-order valence-electron chi connectivity index (χ2n) is 7.11. The van der Waals surface area contributed by atoms with Gasteiger partial charge in [0.25, 0.3) is 5.91 Å². The Morgan fingerprint density at radius 3 is 2.37 bits per heavy atom. The van der Waals surface area contributed by atoms with E-state index in [1.54, 1.807) is 25.3 Å². The zero-order valence-corrected chi connectivity index (χ0v) is 16.8. The third-order valence-corrected chi connectivity index (χ3v) is 5.26. The molecule has 1 saturated carbocycles.